The van der Waals surface area contributed by atoms with Gasteiger partial charge in [-0.1, -0.05) is 0 Å². The number of hydrogen-bond acceptors (Lipinski definition) is 5. The second-order valence-electron chi connectivity index (χ2n) is 2.23. The van der Waals surface area contributed by atoms with Gasteiger partial charge in [-0.15, -0.1) is 0 Å². The Morgan fingerprint density at radius 1 is 1.10 bits per heavy atom. The fourth-order valence-corrected chi connectivity index (χ4v) is 0.880. The van der Waals surface area contributed by atoms with Gasteiger partial charge in [-0.25, -0.2) is 0 Å². The van der Waals surface area contributed by atoms with Crippen LogP contribution in [0.2, 0.25) is 0 Å². The van der Waals surface area contributed by atoms with E-state index in [1.54, 1.807) is 0 Å². The van der Waals surface area contributed by atoms with E-state index in [2.05, 4.69) is 4.74 Å². The van der Waals surface area contributed by atoms with Crippen molar-refractivity contribution in [1.29, 1.82) is 0 Å². The standard InChI is InChI=1S/C5H10O5/c6-1-2-3(7)4(8)5(9)10-2/h2-9H,1H2/t2?,3-,4-,5?/m1/s1. The van der Waals surface area contributed by atoms with Crippen molar-refractivity contribution in [1.82, 2.24) is 0 Å². The summed E-state index contributed by atoms with van der Waals surface area (Å²) in [7, 11) is 0. The second-order valence-corrected chi connectivity index (χ2v) is 2.23. The quantitative estimate of drug-likeness (QED) is 0.329. The van der Waals surface area contributed by atoms with Crippen molar-refractivity contribution in [2.45, 2.75) is 24.6 Å². The van der Waals surface area contributed by atoms with Gasteiger partial charge in [0.2, 0.25) is 0 Å². The van der Waals surface area contributed by atoms with Gasteiger partial charge in [0.05, 0.1) is 6.61 Å². The molecule has 1 saturated heterocycles. The smallest absolute Gasteiger partial charge is 0.184 e. The summed E-state index contributed by atoms with van der Waals surface area (Å²) in [6.07, 6.45) is -4.76. The third-order valence-electron chi connectivity index (χ3n) is 1.52. The molecule has 0 aromatic carbocycles. The van der Waals surface area contributed by atoms with Gasteiger partial charge < -0.3 is 25.2 Å². The van der Waals surface area contributed by atoms with Crippen molar-refractivity contribution in [3.63, 3.8) is 0 Å². The molecule has 0 saturated carbocycles. The van der Waals surface area contributed by atoms with E-state index in [1.165, 1.54) is 0 Å². The van der Waals surface area contributed by atoms with Crippen molar-refractivity contribution >= 4 is 0 Å². The van der Waals surface area contributed by atoms with Crippen LogP contribution in [0.4, 0.5) is 0 Å². The first kappa shape index (κ1) is 7.90. The lowest BCUT2D eigenvalue weighted by molar-refractivity contribution is -0.132. The van der Waals surface area contributed by atoms with Crippen LogP contribution in [0.1, 0.15) is 0 Å². The summed E-state index contributed by atoms with van der Waals surface area (Å²) in [6.45, 7) is -0.407. The van der Waals surface area contributed by atoms with E-state index < -0.39 is 31.2 Å². The van der Waals surface area contributed by atoms with Crippen LogP contribution in [0.15, 0.2) is 0 Å². The maximum absolute atomic E-state index is 8.93. The molecule has 0 amide bonds. The summed E-state index contributed by atoms with van der Waals surface area (Å²) in [6, 6.07) is 0. The van der Waals surface area contributed by atoms with E-state index in [4.69, 9.17) is 20.4 Å². The molecule has 5 heteroatoms. The zero-order valence-corrected chi connectivity index (χ0v) is 5.21. The van der Waals surface area contributed by atoms with Gasteiger partial charge in [-0.3, -0.25) is 0 Å². The van der Waals surface area contributed by atoms with Crippen LogP contribution in [0.25, 0.3) is 0 Å². The van der Waals surface area contributed by atoms with E-state index in [1.807, 2.05) is 0 Å². The fourth-order valence-electron chi connectivity index (χ4n) is 0.880. The molecule has 0 aromatic heterocycles. The lowest BCUT2D eigenvalue weighted by Crippen LogP contribution is -2.33. The molecule has 0 spiro atoms. The highest BCUT2D eigenvalue weighted by molar-refractivity contribution is 4.84. The summed E-state index contributed by atoms with van der Waals surface area (Å²) in [5.74, 6) is 0. The summed E-state index contributed by atoms with van der Waals surface area (Å²) in [5.41, 5.74) is 0. The Hall–Kier alpha value is -0.200. The molecule has 1 heterocycles. The summed E-state index contributed by atoms with van der Waals surface area (Å²) in [4.78, 5) is 0. The molecule has 0 aliphatic carbocycles. The molecule has 5 nitrogen and oxygen atoms in total. The Morgan fingerprint density at radius 3 is 1.90 bits per heavy atom. The molecule has 0 radical (unpaired) electrons. The SMILES string of the molecule is OCC1OC(O)[C@H](O)[C@@H]1O. The van der Waals surface area contributed by atoms with Crippen LogP contribution < -0.4 is 0 Å². The van der Waals surface area contributed by atoms with Gasteiger partial charge in [0, 0.05) is 0 Å². The maximum Gasteiger partial charge on any atom is 0.184 e. The van der Waals surface area contributed by atoms with Crippen molar-refractivity contribution in [3.8, 4) is 0 Å². The highest BCUT2D eigenvalue weighted by atomic mass is 16.6. The normalized spacial score (nSPS) is 48.0. The molecular weight excluding hydrogens is 140 g/mol. The largest absolute Gasteiger partial charge is 0.394 e. The number of hydrogen-bond donors (Lipinski definition) is 4. The van der Waals surface area contributed by atoms with Crippen molar-refractivity contribution < 1.29 is 25.2 Å². The molecule has 1 aliphatic heterocycles. The van der Waals surface area contributed by atoms with Crippen LogP contribution >= 0.6 is 0 Å². The molecule has 0 bridgehead atoms. The summed E-state index contributed by atoms with van der Waals surface area (Å²) < 4.78 is 4.54. The molecule has 0 aromatic rings. The van der Waals surface area contributed by atoms with Gasteiger partial charge in [0.25, 0.3) is 0 Å². The number of rotatable bonds is 1. The van der Waals surface area contributed by atoms with Crippen molar-refractivity contribution in [2.75, 3.05) is 6.61 Å². The van der Waals surface area contributed by atoms with E-state index in [9.17, 15) is 0 Å². The second kappa shape index (κ2) is 2.81. The average molecular weight is 150 g/mol. The molecule has 2 unspecified atom stereocenters. The predicted octanol–water partition coefficient (Wildman–Crippen LogP) is -2.58. The van der Waals surface area contributed by atoms with Gasteiger partial charge in [0.1, 0.15) is 18.3 Å². The molecule has 1 rings (SSSR count). The number of aliphatic hydroxyl groups is 4. The molecule has 1 fully saturated rings. The summed E-state index contributed by atoms with van der Waals surface area (Å²) >= 11 is 0. The minimum absolute atomic E-state index is 0.407. The van der Waals surface area contributed by atoms with Crippen molar-refractivity contribution in [3.05, 3.63) is 0 Å². The van der Waals surface area contributed by atoms with Crippen LogP contribution in [-0.2, 0) is 4.74 Å². The molecule has 4 N–H and O–H groups in total. The molecule has 4 atom stereocenters. The molecular formula is C5H10O5. The summed E-state index contributed by atoms with van der Waals surface area (Å²) in [5, 5.41) is 35.0. The number of aliphatic hydroxyl groups excluding tert-OH is 4. The maximum atomic E-state index is 8.93. The molecule has 10 heavy (non-hydrogen) atoms. The first-order chi connectivity index (χ1) is 4.66. The average Bonchev–Trinajstić information content (AvgIpc) is 2.17. The van der Waals surface area contributed by atoms with E-state index in [-0.39, 0.29) is 0 Å². The highest BCUT2D eigenvalue weighted by Gasteiger charge is 2.41. The van der Waals surface area contributed by atoms with Gasteiger partial charge in [-0.2, -0.15) is 0 Å². The minimum atomic E-state index is -1.38. The van der Waals surface area contributed by atoms with Gasteiger partial charge in [0.15, 0.2) is 6.29 Å². The van der Waals surface area contributed by atoms with Crippen LogP contribution in [0.3, 0.4) is 0 Å². The van der Waals surface area contributed by atoms with Crippen molar-refractivity contribution in [2.24, 2.45) is 0 Å². The molecule has 60 valence electrons. The van der Waals surface area contributed by atoms with E-state index in [0.717, 1.165) is 0 Å². The zero-order valence-electron chi connectivity index (χ0n) is 5.21. The van der Waals surface area contributed by atoms with Crippen LogP contribution in [0, 0.1) is 0 Å². The Labute approximate surface area is 57.5 Å². The Morgan fingerprint density at radius 2 is 1.70 bits per heavy atom. The lowest BCUT2D eigenvalue weighted by atomic mass is 10.1. The van der Waals surface area contributed by atoms with E-state index in [0.29, 0.717) is 0 Å². The Kier molecular flexibility index (Phi) is 2.22. The minimum Gasteiger partial charge on any atom is -0.394 e. The zero-order chi connectivity index (χ0) is 7.72. The first-order valence-electron chi connectivity index (χ1n) is 2.97. The van der Waals surface area contributed by atoms with Crippen LogP contribution in [-0.4, -0.2) is 51.6 Å². The first-order valence-corrected chi connectivity index (χ1v) is 2.97. The Bertz CT molecular complexity index is 117. The third kappa shape index (κ3) is 1.14. The van der Waals surface area contributed by atoms with Crippen LogP contribution in [0.5, 0.6) is 0 Å². The number of ether oxygens (including phenoxy) is 1. The topological polar surface area (TPSA) is 90.2 Å². The molecule has 1 aliphatic rings. The van der Waals surface area contributed by atoms with Gasteiger partial charge >= 0.3 is 0 Å². The Balaban J connectivity index is 2.53. The fraction of sp³-hybridized carbons (Fsp3) is 1.00. The lowest BCUT2D eigenvalue weighted by Gasteiger charge is -2.09. The monoisotopic (exact) mass is 150 g/mol. The predicted molar refractivity (Wildman–Crippen MR) is 30.0 cm³/mol. The van der Waals surface area contributed by atoms with E-state index >= 15 is 0 Å². The third-order valence-corrected chi connectivity index (χ3v) is 1.52. The van der Waals surface area contributed by atoms with Gasteiger partial charge in [-0.05, 0) is 0 Å². The highest BCUT2D eigenvalue weighted by Crippen LogP contribution is 2.18.